The molecule has 1 atom stereocenters. The molecule has 2 amide bonds. The third-order valence-corrected chi connectivity index (χ3v) is 6.73. The van der Waals surface area contributed by atoms with Crippen molar-refractivity contribution >= 4 is 33.2 Å². The molecule has 178 valence electrons. The van der Waals surface area contributed by atoms with Gasteiger partial charge in [-0.2, -0.15) is 0 Å². The Kier molecular flexibility index (Phi) is 7.00. The number of benzene rings is 3. The molecule has 0 N–H and O–H groups in total. The minimum atomic E-state index is -3.21. The van der Waals surface area contributed by atoms with Crippen LogP contribution in [-0.2, 0) is 9.84 Å². The molecule has 1 aliphatic rings. The largest absolute Gasteiger partial charge is 0.497 e. The minimum absolute atomic E-state index is 0.0920. The number of carbonyl (C=O) groups excluding carboxylic acids is 1. The van der Waals surface area contributed by atoms with E-state index >= 15 is 0 Å². The van der Waals surface area contributed by atoms with E-state index in [9.17, 15) is 13.2 Å². The van der Waals surface area contributed by atoms with Gasteiger partial charge >= 0.3 is 6.03 Å². The molecule has 0 saturated carbocycles. The number of carbonyl (C=O) groups is 1. The third-order valence-electron chi connectivity index (χ3n) is 5.56. The first-order chi connectivity index (χ1) is 16.2. The fraction of sp³-hybridized carbons (Fsp3) is 0.240. The highest BCUT2D eigenvalue weighted by atomic mass is 35.5. The lowest BCUT2D eigenvalue weighted by Crippen LogP contribution is -2.35. The number of sulfone groups is 1. The van der Waals surface area contributed by atoms with E-state index in [1.165, 1.54) is 6.26 Å². The molecule has 3 aromatic rings. The zero-order valence-corrected chi connectivity index (χ0v) is 20.4. The standard InChI is InChI=1S/C25H25ClN2O5S/c1-32-23-5-3-4-18(16-23)24-17-27(14-15-34(2,30)31)25(29)28(24)20-8-12-22(13-9-20)33-21-10-6-19(26)7-11-21/h3-13,16,24H,14-15,17H2,1-2H3. The van der Waals surface area contributed by atoms with Gasteiger partial charge in [0.2, 0.25) is 0 Å². The lowest BCUT2D eigenvalue weighted by Gasteiger charge is -2.24. The molecular formula is C25H25ClN2O5S. The van der Waals surface area contributed by atoms with E-state index in [0.29, 0.717) is 34.5 Å². The predicted molar refractivity (Wildman–Crippen MR) is 133 cm³/mol. The van der Waals surface area contributed by atoms with Crippen LogP contribution in [0.25, 0.3) is 0 Å². The molecule has 1 unspecified atom stereocenters. The van der Waals surface area contributed by atoms with Crippen LogP contribution in [0.5, 0.6) is 17.2 Å². The van der Waals surface area contributed by atoms with Crippen LogP contribution in [0.15, 0.2) is 72.8 Å². The number of hydrogen-bond acceptors (Lipinski definition) is 5. The zero-order valence-electron chi connectivity index (χ0n) is 18.8. The summed E-state index contributed by atoms with van der Waals surface area (Å²) in [5, 5.41) is 0.624. The number of ether oxygens (including phenoxy) is 2. The highest BCUT2D eigenvalue weighted by Crippen LogP contribution is 2.36. The average Bonchev–Trinajstić information content (AvgIpc) is 3.15. The van der Waals surface area contributed by atoms with Gasteiger partial charge in [-0.15, -0.1) is 0 Å². The van der Waals surface area contributed by atoms with Gasteiger partial charge in [-0.05, 0) is 66.2 Å². The molecule has 1 heterocycles. The Morgan fingerprint density at radius 3 is 2.24 bits per heavy atom. The highest BCUT2D eigenvalue weighted by Gasteiger charge is 2.39. The Hall–Kier alpha value is -3.23. The van der Waals surface area contributed by atoms with Gasteiger partial charge in [0.25, 0.3) is 0 Å². The van der Waals surface area contributed by atoms with Crippen LogP contribution in [0.1, 0.15) is 11.6 Å². The van der Waals surface area contributed by atoms with Crippen molar-refractivity contribution in [1.29, 1.82) is 0 Å². The van der Waals surface area contributed by atoms with Crippen molar-refractivity contribution in [2.24, 2.45) is 0 Å². The van der Waals surface area contributed by atoms with E-state index in [2.05, 4.69) is 0 Å². The fourth-order valence-corrected chi connectivity index (χ4v) is 4.50. The molecule has 1 fully saturated rings. The smallest absolute Gasteiger partial charge is 0.325 e. The molecule has 1 aliphatic heterocycles. The summed E-state index contributed by atoms with van der Waals surface area (Å²) < 4.78 is 34.6. The second-order valence-electron chi connectivity index (χ2n) is 8.07. The van der Waals surface area contributed by atoms with Crippen molar-refractivity contribution in [3.05, 3.63) is 83.4 Å². The van der Waals surface area contributed by atoms with Crippen molar-refractivity contribution in [2.45, 2.75) is 6.04 Å². The van der Waals surface area contributed by atoms with Gasteiger partial charge in [-0.1, -0.05) is 23.7 Å². The van der Waals surface area contributed by atoms with Crippen molar-refractivity contribution in [1.82, 2.24) is 4.90 Å². The molecule has 3 aromatic carbocycles. The second kappa shape index (κ2) is 9.95. The van der Waals surface area contributed by atoms with Crippen LogP contribution in [-0.4, -0.2) is 51.6 Å². The van der Waals surface area contributed by atoms with Crippen LogP contribution >= 0.6 is 11.6 Å². The molecule has 4 rings (SSSR count). The topological polar surface area (TPSA) is 76.2 Å². The maximum absolute atomic E-state index is 13.4. The summed E-state index contributed by atoms with van der Waals surface area (Å²) in [5.74, 6) is 1.86. The van der Waals surface area contributed by atoms with Gasteiger partial charge < -0.3 is 14.4 Å². The van der Waals surface area contributed by atoms with Gasteiger partial charge in [0.15, 0.2) is 0 Å². The zero-order chi connectivity index (χ0) is 24.3. The molecule has 9 heteroatoms. The van der Waals surface area contributed by atoms with Crippen molar-refractivity contribution in [3.63, 3.8) is 0 Å². The van der Waals surface area contributed by atoms with Crippen molar-refractivity contribution < 1.29 is 22.7 Å². The Morgan fingerprint density at radius 2 is 1.62 bits per heavy atom. The molecule has 0 bridgehead atoms. The predicted octanol–water partition coefficient (Wildman–Crippen LogP) is 5.17. The lowest BCUT2D eigenvalue weighted by atomic mass is 10.1. The first-order valence-electron chi connectivity index (χ1n) is 10.7. The first kappa shape index (κ1) is 23.9. The van der Waals surface area contributed by atoms with Crippen LogP contribution in [0.3, 0.4) is 0 Å². The molecule has 7 nitrogen and oxygen atoms in total. The van der Waals surface area contributed by atoms with Crippen molar-refractivity contribution in [2.75, 3.05) is 37.1 Å². The Bertz CT molecular complexity index is 1260. The number of hydrogen-bond donors (Lipinski definition) is 0. The quantitative estimate of drug-likeness (QED) is 0.426. The molecule has 0 aromatic heterocycles. The van der Waals surface area contributed by atoms with Gasteiger partial charge in [0, 0.05) is 30.1 Å². The van der Waals surface area contributed by atoms with Gasteiger partial charge in [0.1, 0.15) is 27.1 Å². The van der Waals surface area contributed by atoms with Gasteiger partial charge in [-0.3, -0.25) is 4.90 Å². The Balaban J connectivity index is 1.61. The molecular weight excluding hydrogens is 476 g/mol. The van der Waals surface area contributed by atoms with E-state index < -0.39 is 9.84 Å². The summed E-state index contributed by atoms with van der Waals surface area (Å²) >= 11 is 5.93. The SMILES string of the molecule is COc1cccc(C2CN(CCS(C)(=O)=O)C(=O)N2c2ccc(Oc3ccc(Cl)cc3)cc2)c1. The van der Waals surface area contributed by atoms with Crippen LogP contribution in [0.2, 0.25) is 5.02 Å². The number of rotatable bonds is 8. The summed E-state index contributed by atoms with van der Waals surface area (Å²) in [7, 11) is -1.61. The summed E-state index contributed by atoms with van der Waals surface area (Å²) in [6.07, 6.45) is 1.17. The number of anilines is 1. The first-order valence-corrected chi connectivity index (χ1v) is 13.1. The fourth-order valence-electron chi connectivity index (χ4n) is 3.82. The summed E-state index contributed by atoms with van der Waals surface area (Å²) in [6.45, 7) is 0.497. The van der Waals surface area contributed by atoms with Crippen molar-refractivity contribution in [3.8, 4) is 17.2 Å². The molecule has 1 saturated heterocycles. The van der Waals surface area contributed by atoms with Crippen LogP contribution < -0.4 is 14.4 Å². The highest BCUT2D eigenvalue weighted by molar-refractivity contribution is 7.90. The van der Waals surface area contributed by atoms with E-state index in [1.54, 1.807) is 53.3 Å². The number of nitrogens with zero attached hydrogens (tertiary/aromatic N) is 2. The summed E-state index contributed by atoms with van der Waals surface area (Å²) in [5.41, 5.74) is 1.58. The summed E-state index contributed by atoms with van der Waals surface area (Å²) in [6, 6.07) is 21.3. The number of amides is 2. The molecule has 0 aliphatic carbocycles. The molecule has 0 radical (unpaired) electrons. The van der Waals surface area contributed by atoms with Gasteiger partial charge in [-0.25, -0.2) is 13.2 Å². The molecule has 34 heavy (non-hydrogen) atoms. The second-order valence-corrected chi connectivity index (χ2v) is 10.8. The number of methoxy groups -OCH3 is 1. The summed E-state index contributed by atoms with van der Waals surface area (Å²) in [4.78, 5) is 16.6. The van der Waals surface area contributed by atoms with E-state index in [1.807, 2.05) is 36.4 Å². The van der Waals surface area contributed by atoms with E-state index in [0.717, 1.165) is 5.56 Å². The van der Waals surface area contributed by atoms with Crippen LogP contribution in [0, 0.1) is 0 Å². The third kappa shape index (κ3) is 5.63. The minimum Gasteiger partial charge on any atom is -0.497 e. The Morgan fingerprint density at radius 1 is 0.971 bits per heavy atom. The number of urea groups is 1. The van der Waals surface area contributed by atoms with E-state index in [-0.39, 0.29) is 24.4 Å². The van der Waals surface area contributed by atoms with E-state index in [4.69, 9.17) is 21.1 Å². The normalized spacial score (nSPS) is 16.1. The van der Waals surface area contributed by atoms with Gasteiger partial charge in [0.05, 0.1) is 18.9 Å². The lowest BCUT2D eigenvalue weighted by molar-refractivity contribution is 0.223. The maximum Gasteiger partial charge on any atom is 0.325 e. The number of halogens is 1. The monoisotopic (exact) mass is 500 g/mol. The molecule has 0 spiro atoms. The van der Waals surface area contributed by atoms with Crippen LogP contribution in [0.4, 0.5) is 10.5 Å². The maximum atomic E-state index is 13.4. The average molecular weight is 501 g/mol. The Labute approximate surface area is 204 Å².